The number of carbonyl (C=O) groups excluding carboxylic acids is 1. The molecule has 2 aromatic carbocycles. The Bertz CT molecular complexity index is 1390. The molecule has 33 heavy (non-hydrogen) atoms. The Morgan fingerprint density at radius 1 is 0.970 bits per heavy atom. The van der Waals surface area contributed by atoms with Crippen LogP contribution in [0, 0.1) is 16.0 Å². The van der Waals surface area contributed by atoms with Crippen LogP contribution in [0.5, 0.6) is 0 Å². The van der Waals surface area contributed by atoms with Gasteiger partial charge in [-0.05, 0) is 37.1 Å². The summed E-state index contributed by atoms with van der Waals surface area (Å²) in [6.07, 6.45) is 2.01. The number of rotatable bonds is 4. The number of hydrogen-bond donors (Lipinski definition) is 0. The van der Waals surface area contributed by atoms with Crippen molar-refractivity contribution in [2.24, 2.45) is 5.92 Å². The SMILES string of the molecule is O=C(C1CC1)N1CCN(c2nc3ccccc3c3nnc(-c4ccc([N+](=O)[O-])cc4)n23)CC1. The lowest BCUT2D eigenvalue weighted by atomic mass is 10.2. The first-order valence-electron chi connectivity index (χ1n) is 11.0. The second-order valence-corrected chi connectivity index (χ2v) is 8.50. The molecule has 1 aliphatic carbocycles. The molecule has 2 fully saturated rings. The van der Waals surface area contributed by atoms with Gasteiger partial charge in [0, 0.05) is 55.2 Å². The molecule has 0 spiro atoms. The molecule has 4 aromatic rings. The van der Waals surface area contributed by atoms with Gasteiger partial charge in [-0.25, -0.2) is 9.38 Å². The average Bonchev–Trinajstić information content (AvgIpc) is 3.61. The van der Waals surface area contributed by atoms with E-state index < -0.39 is 4.92 Å². The van der Waals surface area contributed by atoms with Crippen LogP contribution in [0.4, 0.5) is 11.6 Å². The van der Waals surface area contributed by atoms with Crippen LogP contribution >= 0.6 is 0 Å². The van der Waals surface area contributed by atoms with Gasteiger partial charge in [0.05, 0.1) is 10.4 Å². The highest BCUT2D eigenvalue weighted by molar-refractivity contribution is 5.93. The number of anilines is 1. The Kier molecular flexibility index (Phi) is 4.46. The first-order valence-corrected chi connectivity index (χ1v) is 11.0. The van der Waals surface area contributed by atoms with Crippen molar-refractivity contribution in [3.05, 3.63) is 58.6 Å². The fraction of sp³-hybridized carbons (Fsp3) is 0.304. The number of non-ortho nitro benzene ring substituents is 1. The zero-order valence-electron chi connectivity index (χ0n) is 17.8. The number of nitro benzene ring substituents is 1. The first-order chi connectivity index (χ1) is 16.1. The molecule has 1 saturated heterocycles. The molecule has 1 aliphatic heterocycles. The fourth-order valence-electron chi connectivity index (χ4n) is 4.41. The van der Waals surface area contributed by atoms with Crippen LogP contribution in [0.3, 0.4) is 0 Å². The highest BCUT2D eigenvalue weighted by Gasteiger charge is 2.35. The molecule has 0 N–H and O–H groups in total. The maximum atomic E-state index is 12.5. The Morgan fingerprint density at radius 2 is 1.70 bits per heavy atom. The molecule has 0 bridgehead atoms. The lowest BCUT2D eigenvalue weighted by Gasteiger charge is -2.35. The molecule has 0 radical (unpaired) electrons. The lowest BCUT2D eigenvalue weighted by Crippen LogP contribution is -2.50. The van der Waals surface area contributed by atoms with Gasteiger partial charge in [-0.15, -0.1) is 10.2 Å². The molecule has 2 aromatic heterocycles. The Hall–Kier alpha value is -4.08. The number of nitro groups is 1. The molecule has 0 unspecified atom stereocenters. The Morgan fingerprint density at radius 3 is 2.39 bits per heavy atom. The molecular formula is C23H21N7O3. The average molecular weight is 443 g/mol. The highest BCUT2D eigenvalue weighted by atomic mass is 16.6. The van der Waals surface area contributed by atoms with Crippen molar-refractivity contribution in [2.45, 2.75) is 12.8 Å². The minimum atomic E-state index is -0.422. The van der Waals surface area contributed by atoms with E-state index >= 15 is 0 Å². The van der Waals surface area contributed by atoms with E-state index in [2.05, 4.69) is 15.1 Å². The van der Waals surface area contributed by atoms with Crippen LogP contribution in [-0.2, 0) is 4.79 Å². The second kappa shape index (κ2) is 7.51. The second-order valence-electron chi connectivity index (χ2n) is 8.50. The normalized spacial score (nSPS) is 16.5. The van der Waals surface area contributed by atoms with Gasteiger partial charge in [0.2, 0.25) is 11.9 Å². The molecule has 10 heteroatoms. The summed E-state index contributed by atoms with van der Waals surface area (Å²) in [5.74, 6) is 1.76. The third-order valence-electron chi connectivity index (χ3n) is 6.37. The molecule has 10 nitrogen and oxygen atoms in total. The third-order valence-corrected chi connectivity index (χ3v) is 6.37. The van der Waals surface area contributed by atoms with Crippen LogP contribution in [0.25, 0.3) is 27.9 Å². The predicted octanol–water partition coefficient (Wildman–Crippen LogP) is 2.91. The summed E-state index contributed by atoms with van der Waals surface area (Å²) in [5, 5.41) is 20.8. The van der Waals surface area contributed by atoms with Crippen molar-refractivity contribution >= 4 is 34.1 Å². The van der Waals surface area contributed by atoms with Crippen LogP contribution < -0.4 is 4.90 Å². The van der Waals surface area contributed by atoms with E-state index in [4.69, 9.17) is 4.98 Å². The first kappa shape index (κ1) is 19.6. The van der Waals surface area contributed by atoms with Gasteiger partial charge >= 0.3 is 0 Å². The van der Waals surface area contributed by atoms with Crippen molar-refractivity contribution in [1.82, 2.24) is 24.5 Å². The summed E-state index contributed by atoms with van der Waals surface area (Å²) < 4.78 is 1.92. The minimum absolute atomic E-state index is 0.0211. The molecular weight excluding hydrogens is 422 g/mol. The molecule has 166 valence electrons. The fourth-order valence-corrected chi connectivity index (χ4v) is 4.41. The zero-order chi connectivity index (χ0) is 22.5. The summed E-state index contributed by atoms with van der Waals surface area (Å²) >= 11 is 0. The number of carbonyl (C=O) groups is 1. The summed E-state index contributed by atoms with van der Waals surface area (Å²) in [5.41, 5.74) is 2.24. The number of nitrogens with zero attached hydrogens (tertiary/aromatic N) is 7. The van der Waals surface area contributed by atoms with E-state index in [1.165, 1.54) is 12.1 Å². The standard InChI is InChI=1S/C23H21N7O3/c31-22(16-5-6-16)27-11-13-28(14-12-27)23-24-19-4-2-1-3-18(19)21-26-25-20(29(21)23)15-7-9-17(10-8-15)30(32)33/h1-4,7-10,16H,5-6,11-14H2. The highest BCUT2D eigenvalue weighted by Crippen LogP contribution is 2.32. The quantitative estimate of drug-likeness (QED) is 0.352. The number of fused-ring (bicyclic) bond motifs is 3. The van der Waals surface area contributed by atoms with Crippen molar-refractivity contribution in [2.75, 3.05) is 31.1 Å². The van der Waals surface area contributed by atoms with E-state index in [1.807, 2.05) is 33.6 Å². The van der Waals surface area contributed by atoms with Crippen molar-refractivity contribution in [1.29, 1.82) is 0 Å². The van der Waals surface area contributed by atoms with E-state index in [0.717, 1.165) is 23.7 Å². The van der Waals surface area contributed by atoms with Gasteiger partial charge < -0.3 is 9.80 Å². The number of hydrogen-bond acceptors (Lipinski definition) is 7. The van der Waals surface area contributed by atoms with Gasteiger partial charge in [0.25, 0.3) is 5.69 Å². The smallest absolute Gasteiger partial charge is 0.269 e. The van der Waals surface area contributed by atoms with Crippen LogP contribution in [0.2, 0.25) is 0 Å². The van der Waals surface area contributed by atoms with Gasteiger partial charge in [-0.1, -0.05) is 12.1 Å². The number of benzene rings is 2. The molecule has 6 rings (SSSR count). The van der Waals surface area contributed by atoms with Gasteiger partial charge in [-0.3, -0.25) is 14.9 Å². The summed E-state index contributed by atoms with van der Waals surface area (Å²) in [6.45, 7) is 2.63. The summed E-state index contributed by atoms with van der Waals surface area (Å²) in [4.78, 5) is 32.2. The maximum absolute atomic E-state index is 12.5. The number of para-hydroxylation sites is 1. The molecule has 2 aliphatic rings. The lowest BCUT2D eigenvalue weighted by molar-refractivity contribution is -0.384. The summed E-state index contributed by atoms with van der Waals surface area (Å²) in [6, 6.07) is 14.1. The largest absolute Gasteiger partial charge is 0.339 e. The van der Waals surface area contributed by atoms with E-state index in [1.54, 1.807) is 12.1 Å². The number of aromatic nitrogens is 4. The molecule has 3 heterocycles. The van der Waals surface area contributed by atoms with Crippen molar-refractivity contribution in [3.8, 4) is 11.4 Å². The molecule has 0 atom stereocenters. The van der Waals surface area contributed by atoms with E-state index in [-0.39, 0.29) is 17.5 Å². The predicted molar refractivity (Wildman–Crippen MR) is 122 cm³/mol. The van der Waals surface area contributed by atoms with Gasteiger partial charge in [0.15, 0.2) is 11.5 Å². The van der Waals surface area contributed by atoms with Crippen molar-refractivity contribution < 1.29 is 9.72 Å². The van der Waals surface area contributed by atoms with Crippen LogP contribution in [0.1, 0.15) is 12.8 Å². The van der Waals surface area contributed by atoms with E-state index in [9.17, 15) is 14.9 Å². The van der Waals surface area contributed by atoms with E-state index in [0.29, 0.717) is 49.2 Å². The van der Waals surface area contributed by atoms with Crippen LogP contribution in [-0.4, -0.2) is 61.5 Å². The third kappa shape index (κ3) is 3.34. The van der Waals surface area contributed by atoms with Crippen LogP contribution in [0.15, 0.2) is 48.5 Å². The van der Waals surface area contributed by atoms with Gasteiger partial charge in [-0.2, -0.15) is 0 Å². The zero-order valence-corrected chi connectivity index (χ0v) is 17.8. The Balaban J connectivity index is 1.44. The van der Waals surface area contributed by atoms with Crippen molar-refractivity contribution in [3.63, 3.8) is 0 Å². The summed E-state index contributed by atoms with van der Waals surface area (Å²) in [7, 11) is 0. The Labute approximate surface area is 188 Å². The minimum Gasteiger partial charge on any atom is -0.339 e. The topological polar surface area (TPSA) is 110 Å². The number of piperazine rings is 1. The maximum Gasteiger partial charge on any atom is 0.269 e. The monoisotopic (exact) mass is 443 g/mol. The van der Waals surface area contributed by atoms with Gasteiger partial charge in [0.1, 0.15) is 0 Å². The molecule has 1 amide bonds. The number of amides is 1. The molecule has 1 saturated carbocycles.